The number of nitrogens with one attached hydrogen (secondary N) is 1. The van der Waals surface area contributed by atoms with Crippen molar-refractivity contribution in [2.75, 3.05) is 0 Å². The van der Waals surface area contributed by atoms with Crippen LogP contribution in [-0.2, 0) is 20.1 Å². The zero-order valence-electron chi connectivity index (χ0n) is 12.5. The van der Waals surface area contributed by atoms with Crippen LogP contribution in [0.25, 0.3) is 0 Å². The fourth-order valence-corrected chi connectivity index (χ4v) is 2.31. The third-order valence-electron chi connectivity index (χ3n) is 3.44. The number of hydrogen-bond donors (Lipinski definition) is 1. The lowest BCUT2D eigenvalue weighted by atomic mass is 10.1. The topological polar surface area (TPSA) is 47.7 Å². The van der Waals surface area contributed by atoms with Crippen LogP contribution in [-0.4, -0.2) is 19.6 Å². The molecule has 20 heavy (non-hydrogen) atoms. The van der Waals surface area contributed by atoms with Crippen LogP contribution in [0.5, 0.6) is 0 Å². The van der Waals surface area contributed by atoms with Crippen LogP contribution in [0.3, 0.4) is 0 Å². The number of aryl methyl sites for hydroxylation is 2. The fraction of sp³-hybridized carbons (Fsp3) is 0.467. The Bertz CT molecular complexity index is 567. The monoisotopic (exact) mass is 273 g/mol. The zero-order valence-corrected chi connectivity index (χ0v) is 12.5. The second-order valence-electron chi connectivity index (χ2n) is 5.04. The molecule has 2 rings (SSSR count). The zero-order chi connectivity index (χ0) is 14.5. The molecule has 0 radical (unpaired) electrons. The Morgan fingerprint density at radius 3 is 2.85 bits per heavy atom. The highest BCUT2D eigenvalue weighted by molar-refractivity contribution is 5.17. The summed E-state index contributed by atoms with van der Waals surface area (Å²) in [5.74, 6) is 0. The molecule has 1 atom stereocenters. The van der Waals surface area contributed by atoms with Gasteiger partial charge in [-0.1, -0.05) is 13.0 Å². The number of nitrogens with zero attached hydrogens (tertiary/aromatic N) is 4. The molecule has 5 nitrogen and oxygen atoms in total. The molecule has 0 spiro atoms. The molecule has 2 aromatic rings. The van der Waals surface area contributed by atoms with Gasteiger partial charge in [-0.2, -0.15) is 10.2 Å². The first-order valence-corrected chi connectivity index (χ1v) is 6.99. The van der Waals surface area contributed by atoms with Crippen molar-refractivity contribution in [3.8, 4) is 0 Å². The molecule has 2 aromatic heterocycles. The Labute approximate surface area is 120 Å². The summed E-state index contributed by atoms with van der Waals surface area (Å²) in [5, 5.41) is 12.3. The van der Waals surface area contributed by atoms with E-state index in [1.165, 1.54) is 11.1 Å². The summed E-state index contributed by atoms with van der Waals surface area (Å²) in [6, 6.07) is 0.325. The lowest BCUT2D eigenvalue weighted by Gasteiger charge is -2.14. The molecule has 0 aromatic carbocycles. The highest BCUT2D eigenvalue weighted by atomic mass is 15.3. The number of rotatable bonds is 7. The molecule has 0 aliphatic rings. The second kappa shape index (κ2) is 6.52. The quantitative estimate of drug-likeness (QED) is 0.788. The second-order valence-corrected chi connectivity index (χ2v) is 5.04. The van der Waals surface area contributed by atoms with E-state index in [1.807, 2.05) is 35.6 Å². The molecular formula is C15H23N5. The molecule has 0 amide bonds. The van der Waals surface area contributed by atoms with Crippen molar-refractivity contribution in [3.05, 3.63) is 48.1 Å². The molecule has 0 saturated carbocycles. The van der Waals surface area contributed by atoms with E-state index in [0.717, 1.165) is 25.2 Å². The highest BCUT2D eigenvalue weighted by Crippen LogP contribution is 2.16. The van der Waals surface area contributed by atoms with Crippen molar-refractivity contribution in [2.24, 2.45) is 7.05 Å². The summed E-state index contributed by atoms with van der Waals surface area (Å²) in [4.78, 5) is 0. The number of allylic oxidation sites excluding steroid dienone is 1. The van der Waals surface area contributed by atoms with E-state index < -0.39 is 0 Å². The van der Waals surface area contributed by atoms with Crippen LogP contribution in [0, 0.1) is 6.92 Å². The van der Waals surface area contributed by atoms with Crippen LogP contribution in [0.1, 0.15) is 36.2 Å². The average molecular weight is 273 g/mol. The SMILES string of the molecule is C=CCn1cc(CNC(CC)c2cnn(C)c2)c(C)n1. The van der Waals surface area contributed by atoms with Crippen molar-refractivity contribution in [1.82, 2.24) is 24.9 Å². The minimum Gasteiger partial charge on any atom is -0.306 e. The summed E-state index contributed by atoms with van der Waals surface area (Å²) in [6.07, 6.45) is 8.96. The van der Waals surface area contributed by atoms with Gasteiger partial charge in [-0.3, -0.25) is 9.36 Å². The largest absolute Gasteiger partial charge is 0.306 e. The van der Waals surface area contributed by atoms with Crippen LogP contribution in [0.2, 0.25) is 0 Å². The van der Waals surface area contributed by atoms with Gasteiger partial charge < -0.3 is 5.32 Å². The van der Waals surface area contributed by atoms with E-state index in [1.54, 1.807) is 0 Å². The number of aromatic nitrogens is 4. The Morgan fingerprint density at radius 1 is 1.45 bits per heavy atom. The van der Waals surface area contributed by atoms with Crippen molar-refractivity contribution >= 4 is 0 Å². The Hall–Kier alpha value is -1.88. The maximum atomic E-state index is 4.47. The van der Waals surface area contributed by atoms with Gasteiger partial charge in [-0.05, 0) is 13.3 Å². The molecule has 0 aliphatic heterocycles. The molecular weight excluding hydrogens is 250 g/mol. The van der Waals surface area contributed by atoms with Gasteiger partial charge in [0.15, 0.2) is 0 Å². The lowest BCUT2D eigenvalue weighted by molar-refractivity contribution is 0.517. The van der Waals surface area contributed by atoms with E-state index >= 15 is 0 Å². The standard InChI is InChI=1S/C15H23N5/c1-5-7-20-11-13(12(3)18-20)8-16-15(6-2)14-9-17-19(4)10-14/h5,9-11,15-16H,1,6-8H2,2-4H3. The average Bonchev–Trinajstić information content (AvgIpc) is 2.98. The van der Waals surface area contributed by atoms with Crippen molar-refractivity contribution < 1.29 is 0 Å². The predicted octanol–water partition coefficient (Wildman–Crippen LogP) is 2.35. The number of hydrogen-bond acceptors (Lipinski definition) is 3. The minimum absolute atomic E-state index is 0.325. The normalized spacial score (nSPS) is 12.6. The van der Waals surface area contributed by atoms with E-state index in [2.05, 4.69) is 41.4 Å². The molecule has 1 N–H and O–H groups in total. The van der Waals surface area contributed by atoms with Crippen molar-refractivity contribution in [3.63, 3.8) is 0 Å². The molecule has 2 heterocycles. The predicted molar refractivity (Wildman–Crippen MR) is 80.2 cm³/mol. The van der Waals surface area contributed by atoms with E-state index in [4.69, 9.17) is 0 Å². The van der Waals surface area contributed by atoms with E-state index in [0.29, 0.717) is 6.04 Å². The van der Waals surface area contributed by atoms with Gasteiger partial charge in [0.1, 0.15) is 0 Å². The Morgan fingerprint density at radius 2 is 2.25 bits per heavy atom. The van der Waals surface area contributed by atoms with Gasteiger partial charge in [-0.25, -0.2) is 0 Å². The first-order chi connectivity index (χ1) is 9.63. The summed E-state index contributed by atoms with van der Waals surface area (Å²) in [5.41, 5.74) is 3.53. The third-order valence-corrected chi connectivity index (χ3v) is 3.44. The van der Waals surface area contributed by atoms with Crippen LogP contribution in [0.4, 0.5) is 0 Å². The van der Waals surface area contributed by atoms with Gasteiger partial charge in [0, 0.05) is 43.2 Å². The molecule has 108 valence electrons. The molecule has 0 aliphatic carbocycles. The van der Waals surface area contributed by atoms with Gasteiger partial charge >= 0.3 is 0 Å². The van der Waals surface area contributed by atoms with Crippen LogP contribution < -0.4 is 5.32 Å². The maximum Gasteiger partial charge on any atom is 0.0638 e. The van der Waals surface area contributed by atoms with Crippen LogP contribution >= 0.6 is 0 Å². The van der Waals surface area contributed by atoms with Crippen molar-refractivity contribution in [1.29, 1.82) is 0 Å². The molecule has 1 unspecified atom stereocenters. The van der Waals surface area contributed by atoms with Crippen LogP contribution in [0.15, 0.2) is 31.2 Å². The molecule has 5 heteroatoms. The first-order valence-electron chi connectivity index (χ1n) is 6.99. The van der Waals surface area contributed by atoms with Crippen molar-refractivity contribution in [2.45, 2.75) is 39.4 Å². The summed E-state index contributed by atoms with van der Waals surface area (Å²) in [7, 11) is 1.94. The summed E-state index contributed by atoms with van der Waals surface area (Å²) >= 11 is 0. The smallest absolute Gasteiger partial charge is 0.0638 e. The Kier molecular flexibility index (Phi) is 4.74. The summed E-state index contributed by atoms with van der Waals surface area (Å²) < 4.78 is 3.76. The highest BCUT2D eigenvalue weighted by Gasteiger charge is 2.12. The van der Waals surface area contributed by atoms with Gasteiger partial charge in [-0.15, -0.1) is 6.58 Å². The fourth-order valence-electron chi connectivity index (χ4n) is 2.31. The molecule has 0 saturated heterocycles. The lowest BCUT2D eigenvalue weighted by Crippen LogP contribution is -2.20. The van der Waals surface area contributed by atoms with E-state index in [9.17, 15) is 0 Å². The first kappa shape index (κ1) is 14.5. The third kappa shape index (κ3) is 3.36. The summed E-state index contributed by atoms with van der Waals surface area (Å²) in [6.45, 7) is 9.53. The van der Waals surface area contributed by atoms with E-state index in [-0.39, 0.29) is 0 Å². The minimum atomic E-state index is 0.325. The molecule has 0 fully saturated rings. The molecule has 0 bridgehead atoms. The van der Waals surface area contributed by atoms with Gasteiger partial charge in [0.2, 0.25) is 0 Å². The maximum absolute atomic E-state index is 4.47. The Balaban J connectivity index is 2.01. The van der Waals surface area contributed by atoms with Gasteiger partial charge in [0.25, 0.3) is 0 Å². The van der Waals surface area contributed by atoms with Gasteiger partial charge in [0.05, 0.1) is 18.4 Å².